The van der Waals surface area contributed by atoms with Crippen LogP contribution in [0.3, 0.4) is 0 Å². The summed E-state index contributed by atoms with van der Waals surface area (Å²) in [5.74, 6) is 0. The Labute approximate surface area is 94.5 Å². The zero-order chi connectivity index (χ0) is 10.7. The first-order valence-electron chi connectivity index (χ1n) is 5.51. The molecule has 2 N–H and O–H groups in total. The molecule has 15 heavy (non-hydrogen) atoms. The molecule has 0 amide bonds. The molecule has 0 saturated heterocycles. The number of aryl methyl sites for hydroxylation is 1. The van der Waals surface area contributed by atoms with E-state index in [9.17, 15) is 0 Å². The van der Waals surface area contributed by atoms with Gasteiger partial charge in [0.15, 0.2) is 0 Å². The number of rotatable bonds is 5. The van der Waals surface area contributed by atoms with Crippen LogP contribution in [-0.2, 0) is 6.54 Å². The molecule has 1 aromatic rings. The summed E-state index contributed by atoms with van der Waals surface area (Å²) in [5.41, 5.74) is 0.215. The largest absolute Gasteiger partial charge is 0.396 e. The van der Waals surface area contributed by atoms with Gasteiger partial charge in [-0.2, -0.15) is 0 Å². The molecule has 1 aromatic heterocycles. The van der Waals surface area contributed by atoms with Crippen molar-refractivity contribution in [2.24, 2.45) is 0 Å². The van der Waals surface area contributed by atoms with Crippen LogP contribution in [0.5, 0.6) is 0 Å². The average Bonchev–Trinajstić information content (AvgIpc) is 2.56. The molecule has 2 rings (SSSR count). The van der Waals surface area contributed by atoms with Gasteiger partial charge in [-0.25, -0.2) is 4.98 Å². The summed E-state index contributed by atoms with van der Waals surface area (Å²) in [4.78, 5) is 5.52. The number of aliphatic hydroxyl groups is 1. The number of nitrogens with zero attached hydrogens (tertiary/aromatic N) is 1. The van der Waals surface area contributed by atoms with Crippen molar-refractivity contribution in [3.8, 4) is 0 Å². The molecule has 0 aromatic carbocycles. The molecular formula is C11H18N2OS. The summed E-state index contributed by atoms with van der Waals surface area (Å²) in [6.45, 7) is 3.21. The van der Waals surface area contributed by atoms with Crippen molar-refractivity contribution in [2.45, 2.75) is 44.7 Å². The first kappa shape index (κ1) is 11.0. The van der Waals surface area contributed by atoms with E-state index < -0.39 is 0 Å². The Hall–Kier alpha value is -0.450. The number of hydrogen-bond acceptors (Lipinski definition) is 4. The second-order valence-electron chi connectivity index (χ2n) is 4.31. The minimum atomic E-state index is 0.215. The van der Waals surface area contributed by atoms with E-state index in [2.05, 4.69) is 10.3 Å². The Morgan fingerprint density at radius 2 is 2.40 bits per heavy atom. The number of thiazole rings is 1. The van der Waals surface area contributed by atoms with E-state index in [1.54, 1.807) is 11.3 Å². The van der Waals surface area contributed by atoms with Crippen LogP contribution in [0.1, 0.15) is 35.6 Å². The molecule has 1 aliphatic carbocycles. The fourth-order valence-corrected chi connectivity index (χ4v) is 2.83. The van der Waals surface area contributed by atoms with Gasteiger partial charge in [0.05, 0.1) is 5.01 Å². The predicted molar refractivity (Wildman–Crippen MR) is 62.0 cm³/mol. The monoisotopic (exact) mass is 226 g/mol. The molecule has 1 saturated carbocycles. The Balaban J connectivity index is 1.86. The lowest BCUT2D eigenvalue weighted by Gasteiger charge is -2.42. The summed E-state index contributed by atoms with van der Waals surface area (Å²) in [6.07, 6.45) is 6.51. The number of aromatic nitrogens is 1. The topological polar surface area (TPSA) is 45.2 Å². The van der Waals surface area contributed by atoms with Gasteiger partial charge in [-0.05, 0) is 32.6 Å². The minimum Gasteiger partial charge on any atom is -0.396 e. The van der Waals surface area contributed by atoms with E-state index in [0.29, 0.717) is 0 Å². The van der Waals surface area contributed by atoms with Gasteiger partial charge < -0.3 is 10.4 Å². The predicted octanol–water partition coefficient (Wildman–Crippen LogP) is 1.85. The minimum absolute atomic E-state index is 0.215. The highest BCUT2D eigenvalue weighted by Crippen LogP contribution is 2.35. The van der Waals surface area contributed by atoms with Crippen LogP contribution in [0.15, 0.2) is 6.20 Å². The Kier molecular flexibility index (Phi) is 3.38. The molecule has 1 heterocycles. The third-order valence-corrected chi connectivity index (χ3v) is 4.12. The Morgan fingerprint density at radius 3 is 2.87 bits per heavy atom. The second kappa shape index (κ2) is 4.60. The van der Waals surface area contributed by atoms with Crippen LogP contribution in [0.25, 0.3) is 0 Å². The van der Waals surface area contributed by atoms with E-state index >= 15 is 0 Å². The quantitative estimate of drug-likeness (QED) is 0.805. The first-order chi connectivity index (χ1) is 7.24. The van der Waals surface area contributed by atoms with Gasteiger partial charge in [0.25, 0.3) is 0 Å². The van der Waals surface area contributed by atoms with Crippen molar-refractivity contribution in [1.82, 2.24) is 10.3 Å². The second-order valence-corrected chi connectivity index (χ2v) is 5.63. The molecule has 0 spiro atoms. The van der Waals surface area contributed by atoms with Gasteiger partial charge >= 0.3 is 0 Å². The standard InChI is InChI=1S/C11H18N2OS/c1-9-12-7-10(15-9)8-13-11(5-6-14)3-2-4-11/h7,13-14H,2-6,8H2,1H3. The highest BCUT2D eigenvalue weighted by Gasteiger charge is 2.35. The molecule has 0 unspecified atom stereocenters. The van der Waals surface area contributed by atoms with Gasteiger partial charge in [-0.3, -0.25) is 0 Å². The van der Waals surface area contributed by atoms with Gasteiger partial charge in [0, 0.05) is 29.8 Å². The van der Waals surface area contributed by atoms with Crippen LogP contribution in [0, 0.1) is 6.92 Å². The molecule has 0 aliphatic heterocycles. The lowest BCUT2D eigenvalue weighted by atomic mass is 9.74. The SMILES string of the molecule is Cc1ncc(CNC2(CCO)CCC2)s1. The highest BCUT2D eigenvalue weighted by molar-refractivity contribution is 7.11. The van der Waals surface area contributed by atoms with Crippen molar-refractivity contribution in [3.63, 3.8) is 0 Å². The molecule has 1 aliphatic rings. The fourth-order valence-electron chi connectivity index (χ4n) is 2.09. The third kappa shape index (κ3) is 2.56. The van der Waals surface area contributed by atoms with Crippen molar-refractivity contribution >= 4 is 11.3 Å². The van der Waals surface area contributed by atoms with Crippen LogP contribution >= 0.6 is 11.3 Å². The van der Waals surface area contributed by atoms with E-state index in [-0.39, 0.29) is 12.1 Å². The lowest BCUT2D eigenvalue weighted by molar-refractivity contribution is 0.130. The zero-order valence-corrected chi connectivity index (χ0v) is 9.94. The maximum Gasteiger partial charge on any atom is 0.0897 e. The molecule has 0 bridgehead atoms. The molecule has 0 atom stereocenters. The van der Waals surface area contributed by atoms with E-state index in [0.717, 1.165) is 18.0 Å². The highest BCUT2D eigenvalue weighted by atomic mass is 32.1. The van der Waals surface area contributed by atoms with Gasteiger partial charge in [-0.15, -0.1) is 11.3 Å². The first-order valence-corrected chi connectivity index (χ1v) is 6.33. The molecule has 3 nitrogen and oxygen atoms in total. The maximum atomic E-state index is 9.02. The number of aliphatic hydroxyl groups excluding tert-OH is 1. The lowest BCUT2D eigenvalue weighted by Crippen LogP contribution is -2.51. The van der Waals surface area contributed by atoms with Gasteiger partial charge in [0.2, 0.25) is 0 Å². The van der Waals surface area contributed by atoms with Gasteiger partial charge in [-0.1, -0.05) is 0 Å². The maximum absolute atomic E-state index is 9.02. The summed E-state index contributed by atoms with van der Waals surface area (Å²) in [6, 6.07) is 0. The summed E-state index contributed by atoms with van der Waals surface area (Å²) in [5, 5.41) is 13.7. The van der Waals surface area contributed by atoms with Gasteiger partial charge in [0.1, 0.15) is 0 Å². The van der Waals surface area contributed by atoms with Crippen LogP contribution in [0.4, 0.5) is 0 Å². The smallest absolute Gasteiger partial charge is 0.0897 e. The Bertz CT molecular complexity index is 320. The molecule has 84 valence electrons. The summed E-state index contributed by atoms with van der Waals surface area (Å²) in [7, 11) is 0. The number of hydrogen-bond donors (Lipinski definition) is 2. The average molecular weight is 226 g/mol. The Morgan fingerprint density at radius 1 is 1.60 bits per heavy atom. The van der Waals surface area contributed by atoms with Crippen molar-refractivity contribution in [3.05, 3.63) is 16.1 Å². The van der Waals surface area contributed by atoms with Crippen molar-refractivity contribution < 1.29 is 5.11 Å². The fraction of sp³-hybridized carbons (Fsp3) is 0.727. The van der Waals surface area contributed by atoms with Crippen molar-refractivity contribution in [2.75, 3.05) is 6.61 Å². The molecule has 0 radical (unpaired) electrons. The van der Waals surface area contributed by atoms with Crippen LogP contribution < -0.4 is 5.32 Å². The van der Waals surface area contributed by atoms with Crippen LogP contribution in [-0.4, -0.2) is 22.2 Å². The third-order valence-electron chi connectivity index (χ3n) is 3.21. The van der Waals surface area contributed by atoms with E-state index in [1.807, 2.05) is 13.1 Å². The number of nitrogens with one attached hydrogen (secondary N) is 1. The summed E-state index contributed by atoms with van der Waals surface area (Å²) < 4.78 is 0. The summed E-state index contributed by atoms with van der Waals surface area (Å²) >= 11 is 1.74. The van der Waals surface area contributed by atoms with Crippen molar-refractivity contribution in [1.29, 1.82) is 0 Å². The van der Waals surface area contributed by atoms with E-state index in [4.69, 9.17) is 5.11 Å². The molecule has 4 heteroatoms. The molecular weight excluding hydrogens is 208 g/mol. The van der Waals surface area contributed by atoms with E-state index in [1.165, 1.54) is 24.1 Å². The van der Waals surface area contributed by atoms with Crippen LogP contribution in [0.2, 0.25) is 0 Å². The zero-order valence-electron chi connectivity index (χ0n) is 9.12. The molecule has 1 fully saturated rings. The normalized spacial score (nSPS) is 18.8.